The van der Waals surface area contributed by atoms with E-state index in [2.05, 4.69) is 46.7 Å². The SMILES string of the molecule is CCNC(=NCCCNC(=O)c1occc1C)N1CCc2ccccc2C1. The molecule has 1 aromatic carbocycles. The Morgan fingerprint density at radius 1 is 1.22 bits per heavy atom. The molecule has 1 aromatic heterocycles. The summed E-state index contributed by atoms with van der Waals surface area (Å²) < 4.78 is 5.21. The Bertz CT molecular complexity index is 797. The Morgan fingerprint density at radius 3 is 2.78 bits per heavy atom. The van der Waals surface area contributed by atoms with Gasteiger partial charge in [0.25, 0.3) is 5.91 Å². The molecule has 2 heterocycles. The normalized spacial score (nSPS) is 14.0. The van der Waals surface area contributed by atoms with Crippen molar-refractivity contribution in [2.75, 3.05) is 26.2 Å². The van der Waals surface area contributed by atoms with Gasteiger partial charge in [0.05, 0.1) is 6.26 Å². The van der Waals surface area contributed by atoms with Crippen molar-refractivity contribution in [1.29, 1.82) is 0 Å². The maximum atomic E-state index is 12.0. The smallest absolute Gasteiger partial charge is 0.287 e. The van der Waals surface area contributed by atoms with Crippen LogP contribution in [0, 0.1) is 6.92 Å². The molecule has 144 valence electrons. The van der Waals surface area contributed by atoms with Gasteiger partial charge in [0.2, 0.25) is 0 Å². The average molecular weight is 368 g/mol. The highest BCUT2D eigenvalue weighted by Crippen LogP contribution is 2.18. The highest BCUT2D eigenvalue weighted by Gasteiger charge is 2.18. The van der Waals surface area contributed by atoms with Gasteiger partial charge in [0.15, 0.2) is 11.7 Å². The number of hydrogen-bond acceptors (Lipinski definition) is 3. The quantitative estimate of drug-likeness (QED) is 0.467. The second-order valence-corrected chi connectivity index (χ2v) is 6.72. The zero-order valence-electron chi connectivity index (χ0n) is 16.1. The van der Waals surface area contributed by atoms with Gasteiger partial charge in [-0.25, -0.2) is 0 Å². The molecule has 0 bridgehead atoms. The largest absolute Gasteiger partial charge is 0.459 e. The van der Waals surface area contributed by atoms with Crippen LogP contribution in [-0.4, -0.2) is 42.9 Å². The van der Waals surface area contributed by atoms with E-state index < -0.39 is 0 Å². The highest BCUT2D eigenvalue weighted by atomic mass is 16.3. The van der Waals surface area contributed by atoms with E-state index in [0.717, 1.165) is 44.0 Å². The number of rotatable bonds is 6. The third-order valence-corrected chi connectivity index (χ3v) is 4.72. The molecule has 3 rings (SSSR count). The minimum Gasteiger partial charge on any atom is -0.459 e. The van der Waals surface area contributed by atoms with E-state index in [9.17, 15) is 4.79 Å². The molecule has 6 heteroatoms. The van der Waals surface area contributed by atoms with Gasteiger partial charge in [0, 0.05) is 38.3 Å². The van der Waals surface area contributed by atoms with Gasteiger partial charge >= 0.3 is 0 Å². The van der Waals surface area contributed by atoms with Crippen LogP contribution in [0.3, 0.4) is 0 Å². The van der Waals surface area contributed by atoms with Gasteiger partial charge in [-0.15, -0.1) is 0 Å². The molecule has 0 radical (unpaired) electrons. The Hall–Kier alpha value is -2.76. The number of guanidine groups is 1. The number of carbonyl (C=O) groups is 1. The lowest BCUT2D eigenvalue weighted by molar-refractivity contribution is 0.0925. The molecule has 0 fully saturated rings. The topological polar surface area (TPSA) is 69.9 Å². The molecule has 6 nitrogen and oxygen atoms in total. The first-order valence-corrected chi connectivity index (χ1v) is 9.61. The van der Waals surface area contributed by atoms with Crippen LogP contribution in [0.25, 0.3) is 0 Å². The average Bonchev–Trinajstić information content (AvgIpc) is 3.12. The predicted octanol–water partition coefficient (Wildman–Crippen LogP) is 2.73. The molecule has 1 aliphatic heterocycles. The van der Waals surface area contributed by atoms with Gasteiger partial charge < -0.3 is 20.0 Å². The Morgan fingerprint density at radius 2 is 2.04 bits per heavy atom. The van der Waals surface area contributed by atoms with Gasteiger partial charge in [-0.05, 0) is 43.9 Å². The molecule has 0 spiro atoms. The summed E-state index contributed by atoms with van der Waals surface area (Å²) in [6, 6.07) is 10.4. The van der Waals surface area contributed by atoms with Crippen LogP contribution in [0.2, 0.25) is 0 Å². The Balaban J connectivity index is 1.49. The standard InChI is InChI=1S/C21H28N4O2/c1-3-22-21(25-13-9-17-7-4-5-8-18(17)15-25)24-12-6-11-23-20(26)19-16(2)10-14-27-19/h4-5,7-8,10,14H,3,6,9,11-13,15H2,1-2H3,(H,22,24)(H,23,26). The van der Waals surface area contributed by atoms with E-state index in [1.807, 2.05) is 6.92 Å². The number of amides is 1. The van der Waals surface area contributed by atoms with Gasteiger partial charge in [-0.2, -0.15) is 0 Å². The van der Waals surface area contributed by atoms with Crippen LogP contribution in [0.4, 0.5) is 0 Å². The first-order valence-electron chi connectivity index (χ1n) is 9.61. The van der Waals surface area contributed by atoms with Gasteiger partial charge in [0.1, 0.15) is 0 Å². The Kier molecular flexibility index (Phi) is 6.52. The van der Waals surface area contributed by atoms with Crippen LogP contribution in [0.5, 0.6) is 0 Å². The van der Waals surface area contributed by atoms with Crippen LogP contribution in [0.15, 0.2) is 46.0 Å². The van der Waals surface area contributed by atoms with E-state index in [1.165, 1.54) is 17.4 Å². The summed E-state index contributed by atoms with van der Waals surface area (Å²) >= 11 is 0. The number of aryl methyl sites for hydroxylation is 1. The van der Waals surface area contributed by atoms with E-state index in [0.29, 0.717) is 18.8 Å². The van der Waals surface area contributed by atoms with Crippen LogP contribution in [-0.2, 0) is 13.0 Å². The molecule has 2 aromatic rings. The molecule has 0 aliphatic carbocycles. The van der Waals surface area contributed by atoms with Crippen LogP contribution >= 0.6 is 0 Å². The number of nitrogens with one attached hydrogen (secondary N) is 2. The number of nitrogens with zero attached hydrogens (tertiary/aromatic N) is 2. The summed E-state index contributed by atoms with van der Waals surface area (Å²) in [7, 11) is 0. The van der Waals surface area contributed by atoms with E-state index in [-0.39, 0.29) is 5.91 Å². The fraction of sp³-hybridized carbons (Fsp3) is 0.429. The second kappa shape index (κ2) is 9.26. The van der Waals surface area contributed by atoms with Crippen molar-refractivity contribution in [3.05, 3.63) is 59.0 Å². The minimum absolute atomic E-state index is 0.166. The number of benzene rings is 1. The van der Waals surface area contributed by atoms with Crippen LogP contribution < -0.4 is 10.6 Å². The predicted molar refractivity (Wildman–Crippen MR) is 107 cm³/mol. The van der Waals surface area contributed by atoms with Crippen molar-refractivity contribution >= 4 is 11.9 Å². The molecule has 0 atom stereocenters. The molecule has 0 saturated heterocycles. The van der Waals surface area contributed by atoms with Crippen molar-refractivity contribution in [2.45, 2.75) is 33.2 Å². The molecule has 27 heavy (non-hydrogen) atoms. The monoisotopic (exact) mass is 368 g/mol. The van der Waals surface area contributed by atoms with Gasteiger partial charge in [-0.1, -0.05) is 24.3 Å². The first-order chi connectivity index (χ1) is 13.2. The minimum atomic E-state index is -0.166. The fourth-order valence-corrected chi connectivity index (χ4v) is 3.25. The lowest BCUT2D eigenvalue weighted by Gasteiger charge is -2.31. The zero-order chi connectivity index (χ0) is 19.1. The third kappa shape index (κ3) is 4.90. The highest BCUT2D eigenvalue weighted by molar-refractivity contribution is 5.92. The second-order valence-electron chi connectivity index (χ2n) is 6.72. The number of aliphatic imine (C=N–C) groups is 1. The first kappa shape index (κ1) is 19.0. The fourth-order valence-electron chi connectivity index (χ4n) is 3.25. The molecular weight excluding hydrogens is 340 g/mol. The summed E-state index contributed by atoms with van der Waals surface area (Å²) in [5.41, 5.74) is 3.65. The van der Waals surface area contributed by atoms with Crippen molar-refractivity contribution in [2.24, 2.45) is 4.99 Å². The molecular formula is C21H28N4O2. The molecule has 1 amide bonds. The van der Waals surface area contributed by atoms with Crippen molar-refractivity contribution in [1.82, 2.24) is 15.5 Å². The summed E-state index contributed by atoms with van der Waals surface area (Å²) in [5.74, 6) is 1.17. The summed E-state index contributed by atoms with van der Waals surface area (Å²) in [4.78, 5) is 19.1. The number of hydrogen-bond donors (Lipinski definition) is 2. The zero-order valence-corrected chi connectivity index (χ0v) is 16.1. The lowest BCUT2D eigenvalue weighted by atomic mass is 10.0. The van der Waals surface area contributed by atoms with Gasteiger partial charge in [-0.3, -0.25) is 9.79 Å². The van der Waals surface area contributed by atoms with E-state index >= 15 is 0 Å². The number of carbonyl (C=O) groups excluding carboxylic acids is 1. The Labute approximate surface area is 160 Å². The van der Waals surface area contributed by atoms with E-state index in [1.54, 1.807) is 6.07 Å². The molecule has 0 unspecified atom stereocenters. The molecule has 0 saturated carbocycles. The summed E-state index contributed by atoms with van der Waals surface area (Å²) in [6.45, 7) is 7.88. The lowest BCUT2D eigenvalue weighted by Crippen LogP contribution is -2.44. The van der Waals surface area contributed by atoms with Crippen molar-refractivity contribution in [3.8, 4) is 0 Å². The molecule has 2 N–H and O–H groups in total. The number of fused-ring (bicyclic) bond motifs is 1. The van der Waals surface area contributed by atoms with Crippen molar-refractivity contribution in [3.63, 3.8) is 0 Å². The third-order valence-electron chi connectivity index (χ3n) is 4.72. The van der Waals surface area contributed by atoms with E-state index in [4.69, 9.17) is 9.41 Å². The molecule has 1 aliphatic rings. The maximum Gasteiger partial charge on any atom is 0.287 e. The van der Waals surface area contributed by atoms with Crippen LogP contribution in [0.1, 0.15) is 40.6 Å². The maximum absolute atomic E-state index is 12.0. The summed E-state index contributed by atoms with van der Waals surface area (Å²) in [5, 5.41) is 6.27. The number of furan rings is 1. The summed E-state index contributed by atoms with van der Waals surface area (Å²) in [6.07, 6.45) is 3.36. The van der Waals surface area contributed by atoms with Crippen molar-refractivity contribution < 1.29 is 9.21 Å².